The van der Waals surface area contributed by atoms with Gasteiger partial charge in [0.05, 0.1) is 5.25 Å². The fourth-order valence-electron chi connectivity index (χ4n) is 1.59. The number of hydrogen-bond donors (Lipinski definition) is 1. The Morgan fingerprint density at radius 3 is 2.43 bits per heavy atom. The van der Waals surface area contributed by atoms with Gasteiger partial charge in [-0.05, 0) is 43.3 Å². The number of hydrogen-bond acceptors (Lipinski definition) is 2. The molecule has 1 atom stereocenters. The second-order valence-electron chi connectivity index (χ2n) is 4.33. The fraction of sp³-hybridized carbons (Fsp3) is 0.133. The Balaban J connectivity index is 1.98. The topological polar surface area (TPSA) is 29.1 Å². The summed E-state index contributed by atoms with van der Waals surface area (Å²) in [4.78, 5) is 12.9. The molecule has 0 aliphatic rings. The minimum atomic E-state index is -0.995. The van der Waals surface area contributed by atoms with Crippen LogP contribution in [-0.4, -0.2) is 11.2 Å². The lowest BCUT2D eigenvalue weighted by atomic mass is 10.3. The molecule has 0 saturated carbocycles. The molecule has 6 heteroatoms. The maximum atomic E-state index is 13.1. The molecule has 0 radical (unpaired) electrons. The van der Waals surface area contributed by atoms with E-state index in [1.807, 2.05) is 12.1 Å². The molecule has 110 valence electrons. The summed E-state index contributed by atoms with van der Waals surface area (Å²) in [6.45, 7) is 1.73. The molecule has 0 aromatic heterocycles. The van der Waals surface area contributed by atoms with Crippen LogP contribution in [0.15, 0.2) is 47.4 Å². The maximum absolute atomic E-state index is 13.1. The molecular formula is C15H12ClF2NOS. The largest absolute Gasteiger partial charge is 0.325 e. The first-order valence-corrected chi connectivity index (χ1v) is 7.39. The number of carbonyl (C=O) groups excluding carboxylic acids is 1. The lowest BCUT2D eigenvalue weighted by molar-refractivity contribution is -0.115. The van der Waals surface area contributed by atoms with Crippen molar-refractivity contribution in [3.05, 3.63) is 59.1 Å². The maximum Gasteiger partial charge on any atom is 0.237 e. The molecule has 0 aliphatic carbocycles. The Kier molecular flexibility index (Phi) is 5.20. The van der Waals surface area contributed by atoms with Gasteiger partial charge in [-0.15, -0.1) is 11.8 Å². The molecule has 0 spiro atoms. The summed E-state index contributed by atoms with van der Waals surface area (Å²) in [7, 11) is 0. The zero-order valence-corrected chi connectivity index (χ0v) is 12.6. The SMILES string of the molecule is C[C@H](Sc1ccc(Cl)cc1)C(=O)Nc1ccc(F)c(F)c1. The Bertz CT molecular complexity index is 649. The summed E-state index contributed by atoms with van der Waals surface area (Å²) < 4.78 is 25.9. The van der Waals surface area contributed by atoms with Crippen molar-refractivity contribution >= 4 is 35.0 Å². The van der Waals surface area contributed by atoms with E-state index in [1.165, 1.54) is 17.8 Å². The number of benzene rings is 2. The number of nitrogens with one attached hydrogen (secondary N) is 1. The molecule has 0 saturated heterocycles. The summed E-state index contributed by atoms with van der Waals surface area (Å²) in [5, 5.41) is 2.78. The first-order valence-electron chi connectivity index (χ1n) is 6.14. The van der Waals surface area contributed by atoms with Crippen LogP contribution in [0.5, 0.6) is 0 Å². The van der Waals surface area contributed by atoms with Crippen LogP contribution in [0.2, 0.25) is 5.02 Å². The number of anilines is 1. The van der Waals surface area contributed by atoms with Crippen molar-refractivity contribution < 1.29 is 13.6 Å². The molecule has 2 aromatic carbocycles. The van der Waals surface area contributed by atoms with Crippen LogP contribution in [-0.2, 0) is 4.79 Å². The van der Waals surface area contributed by atoms with Crippen molar-refractivity contribution in [3.8, 4) is 0 Å². The highest BCUT2D eigenvalue weighted by Crippen LogP contribution is 2.25. The van der Waals surface area contributed by atoms with Gasteiger partial charge in [0.1, 0.15) is 0 Å². The van der Waals surface area contributed by atoms with Crippen LogP contribution >= 0.6 is 23.4 Å². The molecule has 0 unspecified atom stereocenters. The van der Waals surface area contributed by atoms with Crippen LogP contribution < -0.4 is 5.32 Å². The van der Waals surface area contributed by atoms with Crippen molar-refractivity contribution in [2.24, 2.45) is 0 Å². The van der Waals surface area contributed by atoms with Crippen molar-refractivity contribution in [2.45, 2.75) is 17.1 Å². The zero-order valence-electron chi connectivity index (χ0n) is 11.1. The van der Waals surface area contributed by atoms with Gasteiger partial charge in [-0.25, -0.2) is 8.78 Å². The molecule has 0 fully saturated rings. The lowest BCUT2D eigenvalue weighted by Gasteiger charge is -2.12. The monoisotopic (exact) mass is 327 g/mol. The van der Waals surface area contributed by atoms with E-state index in [1.54, 1.807) is 19.1 Å². The van der Waals surface area contributed by atoms with E-state index in [4.69, 9.17) is 11.6 Å². The van der Waals surface area contributed by atoms with E-state index in [9.17, 15) is 13.6 Å². The van der Waals surface area contributed by atoms with E-state index in [2.05, 4.69) is 5.32 Å². The number of carbonyl (C=O) groups is 1. The lowest BCUT2D eigenvalue weighted by Crippen LogP contribution is -2.22. The number of thioether (sulfide) groups is 1. The number of rotatable bonds is 4. The molecule has 0 heterocycles. The highest BCUT2D eigenvalue weighted by Gasteiger charge is 2.15. The zero-order chi connectivity index (χ0) is 15.4. The Hall–Kier alpha value is -1.59. The molecule has 1 N–H and O–H groups in total. The van der Waals surface area contributed by atoms with Crippen LogP contribution in [0.4, 0.5) is 14.5 Å². The van der Waals surface area contributed by atoms with E-state index < -0.39 is 11.6 Å². The van der Waals surface area contributed by atoms with Gasteiger partial charge in [-0.3, -0.25) is 4.79 Å². The van der Waals surface area contributed by atoms with Crippen LogP contribution in [0.3, 0.4) is 0 Å². The van der Waals surface area contributed by atoms with Crippen LogP contribution in [0.1, 0.15) is 6.92 Å². The minimum absolute atomic E-state index is 0.224. The first kappa shape index (κ1) is 15.8. The molecular weight excluding hydrogens is 316 g/mol. The van der Waals surface area contributed by atoms with Crippen molar-refractivity contribution in [3.63, 3.8) is 0 Å². The summed E-state index contributed by atoms with van der Waals surface area (Å²) >= 11 is 7.14. The molecule has 2 nitrogen and oxygen atoms in total. The van der Waals surface area contributed by atoms with Crippen LogP contribution in [0, 0.1) is 11.6 Å². The highest BCUT2D eigenvalue weighted by molar-refractivity contribution is 8.00. The quantitative estimate of drug-likeness (QED) is 0.822. The average molecular weight is 328 g/mol. The van der Waals surface area contributed by atoms with Gasteiger partial charge >= 0.3 is 0 Å². The van der Waals surface area contributed by atoms with E-state index in [0.717, 1.165) is 17.0 Å². The third-order valence-electron chi connectivity index (χ3n) is 2.68. The van der Waals surface area contributed by atoms with Crippen molar-refractivity contribution in [1.29, 1.82) is 0 Å². The van der Waals surface area contributed by atoms with E-state index in [0.29, 0.717) is 5.02 Å². The Labute approximate surface area is 130 Å². The summed E-state index contributed by atoms with van der Waals surface area (Å²) in [5.41, 5.74) is 0.224. The van der Waals surface area contributed by atoms with Gasteiger partial charge in [0, 0.05) is 21.7 Å². The molecule has 2 aromatic rings. The van der Waals surface area contributed by atoms with E-state index in [-0.39, 0.29) is 16.8 Å². The molecule has 0 aliphatic heterocycles. The summed E-state index contributed by atoms with van der Waals surface area (Å²) in [5.74, 6) is -2.23. The fourth-order valence-corrected chi connectivity index (χ4v) is 2.58. The highest BCUT2D eigenvalue weighted by atomic mass is 35.5. The van der Waals surface area contributed by atoms with Crippen molar-refractivity contribution in [1.82, 2.24) is 0 Å². The molecule has 0 bridgehead atoms. The van der Waals surface area contributed by atoms with Gasteiger partial charge in [-0.2, -0.15) is 0 Å². The summed E-state index contributed by atoms with van der Waals surface area (Å²) in [6, 6.07) is 10.3. The third-order valence-corrected chi connectivity index (χ3v) is 4.05. The normalized spacial score (nSPS) is 12.0. The second-order valence-corrected chi connectivity index (χ2v) is 6.18. The number of amides is 1. The Morgan fingerprint density at radius 1 is 1.14 bits per heavy atom. The summed E-state index contributed by atoms with van der Waals surface area (Å²) in [6.07, 6.45) is 0. The number of halogens is 3. The predicted molar refractivity (Wildman–Crippen MR) is 81.8 cm³/mol. The van der Waals surface area contributed by atoms with Gasteiger partial charge in [-0.1, -0.05) is 11.6 Å². The van der Waals surface area contributed by atoms with Gasteiger partial charge < -0.3 is 5.32 Å². The van der Waals surface area contributed by atoms with E-state index >= 15 is 0 Å². The van der Waals surface area contributed by atoms with Gasteiger partial charge in [0.25, 0.3) is 0 Å². The van der Waals surface area contributed by atoms with Crippen LogP contribution in [0.25, 0.3) is 0 Å². The third kappa shape index (κ3) is 4.44. The average Bonchev–Trinajstić information content (AvgIpc) is 2.45. The smallest absolute Gasteiger partial charge is 0.237 e. The van der Waals surface area contributed by atoms with Gasteiger partial charge in [0.2, 0.25) is 5.91 Å². The molecule has 2 rings (SSSR count). The first-order chi connectivity index (χ1) is 9.95. The van der Waals surface area contributed by atoms with Crippen molar-refractivity contribution in [2.75, 3.05) is 5.32 Å². The Morgan fingerprint density at radius 2 is 1.81 bits per heavy atom. The standard InChI is InChI=1S/C15H12ClF2NOS/c1-9(21-12-5-2-10(16)3-6-12)15(20)19-11-4-7-13(17)14(18)8-11/h2-9H,1H3,(H,19,20)/t9-/m0/s1. The minimum Gasteiger partial charge on any atom is -0.325 e. The second kappa shape index (κ2) is 6.91. The predicted octanol–water partition coefficient (Wildman–Crippen LogP) is 4.74. The molecule has 21 heavy (non-hydrogen) atoms. The van der Waals surface area contributed by atoms with Gasteiger partial charge in [0.15, 0.2) is 11.6 Å². The molecule has 1 amide bonds.